The molecule has 0 saturated carbocycles. The van der Waals surface area contributed by atoms with Crippen molar-refractivity contribution in [3.63, 3.8) is 0 Å². The Hall–Kier alpha value is -1.56. The van der Waals surface area contributed by atoms with Crippen LogP contribution in [0.1, 0.15) is 45.4 Å². The number of hydrogen-bond donors (Lipinski definition) is 0. The minimum absolute atomic E-state index is 0.112. The Kier molecular flexibility index (Phi) is 5.13. The zero-order valence-corrected chi connectivity index (χ0v) is 15.2. The predicted octanol–water partition coefficient (Wildman–Crippen LogP) is 2.64. The van der Waals surface area contributed by atoms with Crippen LogP contribution in [0.3, 0.4) is 0 Å². The van der Waals surface area contributed by atoms with Crippen molar-refractivity contribution < 1.29 is 9.53 Å². The van der Waals surface area contributed by atoms with Gasteiger partial charge in [0.05, 0.1) is 13.1 Å². The predicted molar refractivity (Wildman–Crippen MR) is 92.6 cm³/mol. The molecule has 1 aromatic rings. The van der Waals surface area contributed by atoms with E-state index in [-0.39, 0.29) is 11.7 Å². The number of rotatable bonds is 6. The zero-order valence-electron chi connectivity index (χ0n) is 15.2. The van der Waals surface area contributed by atoms with Crippen LogP contribution in [0, 0.1) is 5.92 Å². The average molecular weight is 334 g/mol. The van der Waals surface area contributed by atoms with Gasteiger partial charge in [0.15, 0.2) is 0 Å². The van der Waals surface area contributed by atoms with E-state index in [0.29, 0.717) is 5.92 Å². The maximum Gasteiger partial charge on any atom is 0.410 e. The fourth-order valence-corrected chi connectivity index (χ4v) is 3.82. The normalized spacial score (nSPS) is 21.0. The Morgan fingerprint density at radius 3 is 2.58 bits per heavy atom. The summed E-state index contributed by atoms with van der Waals surface area (Å²) in [7, 11) is 2.03. The third-order valence-electron chi connectivity index (χ3n) is 5.73. The SMILES string of the molecule is CCC(CC)CN1CC2(CCN(Cc3nccn3C)CC2)OC1=O. The maximum absolute atomic E-state index is 12.3. The fourth-order valence-electron chi connectivity index (χ4n) is 3.82. The number of imidazole rings is 1. The number of amides is 1. The number of likely N-dealkylation sites (tertiary alicyclic amines) is 1. The number of hydrogen-bond acceptors (Lipinski definition) is 4. The van der Waals surface area contributed by atoms with E-state index in [4.69, 9.17) is 4.74 Å². The first-order valence-corrected chi connectivity index (χ1v) is 9.21. The van der Waals surface area contributed by atoms with Crippen molar-refractivity contribution in [3.05, 3.63) is 18.2 Å². The Balaban J connectivity index is 1.54. The number of aryl methyl sites for hydroxylation is 1. The van der Waals surface area contributed by atoms with Crippen LogP contribution < -0.4 is 0 Å². The van der Waals surface area contributed by atoms with E-state index in [2.05, 4.69) is 28.3 Å². The largest absolute Gasteiger partial charge is 0.441 e. The molecule has 0 N–H and O–H groups in total. The van der Waals surface area contributed by atoms with Crippen molar-refractivity contribution >= 4 is 6.09 Å². The minimum Gasteiger partial charge on any atom is -0.441 e. The van der Waals surface area contributed by atoms with Crippen LogP contribution in [0.2, 0.25) is 0 Å². The number of nitrogens with zero attached hydrogens (tertiary/aromatic N) is 4. The second-order valence-corrected chi connectivity index (χ2v) is 7.34. The van der Waals surface area contributed by atoms with Gasteiger partial charge in [0.1, 0.15) is 11.4 Å². The third-order valence-corrected chi connectivity index (χ3v) is 5.73. The van der Waals surface area contributed by atoms with E-state index in [1.165, 1.54) is 0 Å². The van der Waals surface area contributed by atoms with Gasteiger partial charge in [-0.2, -0.15) is 0 Å². The van der Waals surface area contributed by atoms with Crippen molar-refractivity contribution in [1.29, 1.82) is 0 Å². The molecule has 1 spiro atoms. The number of carbonyl (C=O) groups excluding carboxylic acids is 1. The van der Waals surface area contributed by atoms with Crippen molar-refractivity contribution in [2.75, 3.05) is 26.2 Å². The van der Waals surface area contributed by atoms with Crippen LogP contribution in [-0.2, 0) is 18.3 Å². The van der Waals surface area contributed by atoms with Gasteiger partial charge in [-0.1, -0.05) is 26.7 Å². The van der Waals surface area contributed by atoms with Crippen molar-refractivity contribution in [2.24, 2.45) is 13.0 Å². The van der Waals surface area contributed by atoms with Gasteiger partial charge in [-0.15, -0.1) is 0 Å². The lowest BCUT2D eigenvalue weighted by Crippen LogP contribution is -2.47. The van der Waals surface area contributed by atoms with Crippen molar-refractivity contribution in [3.8, 4) is 0 Å². The second kappa shape index (κ2) is 7.13. The van der Waals surface area contributed by atoms with Crippen LogP contribution in [0.15, 0.2) is 12.4 Å². The first kappa shape index (κ1) is 17.3. The van der Waals surface area contributed by atoms with Crippen LogP contribution in [-0.4, -0.2) is 57.2 Å². The highest BCUT2D eigenvalue weighted by molar-refractivity contribution is 5.70. The van der Waals surface area contributed by atoms with E-state index < -0.39 is 0 Å². The second-order valence-electron chi connectivity index (χ2n) is 7.34. The summed E-state index contributed by atoms with van der Waals surface area (Å²) in [5.41, 5.74) is -0.263. The Morgan fingerprint density at radius 2 is 2.00 bits per heavy atom. The van der Waals surface area contributed by atoms with Gasteiger partial charge in [0.2, 0.25) is 0 Å². The van der Waals surface area contributed by atoms with E-state index in [1.54, 1.807) is 0 Å². The molecule has 0 radical (unpaired) electrons. The molecule has 2 aliphatic rings. The summed E-state index contributed by atoms with van der Waals surface area (Å²) >= 11 is 0. The number of carbonyl (C=O) groups is 1. The van der Waals surface area contributed by atoms with Crippen LogP contribution in [0.5, 0.6) is 0 Å². The molecule has 0 unspecified atom stereocenters. The Morgan fingerprint density at radius 1 is 1.29 bits per heavy atom. The molecule has 1 aromatic heterocycles. The molecule has 0 bridgehead atoms. The summed E-state index contributed by atoms with van der Waals surface area (Å²) in [4.78, 5) is 21.0. The molecule has 2 aliphatic heterocycles. The Bertz CT molecular complexity index is 559. The van der Waals surface area contributed by atoms with Gasteiger partial charge in [-0.3, -0.25) is 4.90 Å². The summed E-state index contributed by atoms with van der Waals surface area (Å²) in [6.45, 7) is 8.77. The molecular weight excluding hydrogens is 304 g/mol. The average Bonchev–Trinajstić information content (AvgIpc) is 3.11. The number of piperidine rings is 1. The van der Waals surface area contributed by atoms with Crippen LogP contribution >= 0.6 is 0 Å². The lowest BCUT2D eigenvalue weighted by molar-refractivity contribution is -0.00197. The minimum atomic E-state index is -0.263. The summed E-state index contributed by atoms with van der Waals surface area (Å²) in [6.07, 6.45) is 7.78. The molecule has 24 heavy (non-hydrogen) atoms. The van der Waals surface area contributed by atoms with E-state index in [9.17, 15) is 4.79 Å². The van der Waals surface area contributed by atoms with Gasteiger partial charge in [0.25, 0.3) is 0 Å². The smallest absolute Gasteiger partial charge is 0.410 e. The molecular formula is C18H30N4O2. The molecule has 134 valence electrons. The summed E-state index contributed by atoms with van der Waals surface area (Å²) < 4.78 is 7.91. The highest BCUT2D eigenvalue weighted by Gasteiger charge is 2.47. The van der Waals surface area contributed by atoms with E-state index >= 15 is 0 Å². The van der Waals surface area contributed by atoms with Gasteiger partial charge < -0.3 is 14.2 Å². The quantitative estimate of drug-likeness (QED) is 0.802. The van der Waals surface area contributed by atoms with E-state index in [1.807, 2.05) is 24.3 Å². The molecule has 0 aliphatic carbocycles. The lowest BCUT2D eigenvalue weighted by Gasteiger charge is -2.37. The molecule has 0 aromatic carbocycles. The van der Waals surface area contributed by atoms with Crippen molar-refractivity contribution in [1.82, 2.24) is 19.4 Å². The molecule has 6 heteroatoms. The fraction of sp³-hybridized carbons (Fsp3) is 0.778. The van der Waals surface area contributed by atoms with Gasteiger partial charge in [-0.05, 0) is 5.92 Å². The zero-order chi connectivity index (χ0) is 17.2. The summed E-state index contributed by atoms with van der Waals surface area (Å²) in [5.74, 6) is 1.67. The van der Waals surface area contributed by atoms with Crippen LogP contribution in [0.4, 0.5) is 4.79 Å². The van der Waals surface area contributed by atoms with Crippen LogP contribution in [0.25, 0.3) is 0 Å². The number of ether oxygens (including phenoxy) is 1. The van der Waals surface area contributed by atoms with Gasteiger partial charge in [-0.25, -0.2) is 9.78 Å². The third kappa shape index (κ3) is 3.58. The lowest BCUT2D eigenvalue weighted by atomic mass is 9.91. The summed E-state index contributed by atoms with van der Waals surface area (Å²) in [5, 5.41) is 0. The molecule has 3 heterocycles. The summed E-state index contributed by atoms with van der Waals surface area (Å²) in [6, 6.07) is 0. The van der Waals surface area contributed by atoms with Gasteiger partial charge >= 0.3 is 6.09 Å². The monoisotopic (exact) mass is 334 g/mol. The standard InChI is InChI=1S/C18H30N4O2/c1-4-15(5-2)12-22-14-18(24-17(22)23)6-9-21(10-7-18)13-16-19-8-11-20(16)3/h8,11,15H,4-7,9-10,12-14H2,1-3H3. The highest BCUT2D eigenvalue weighted by atomic mass is 16.6. The number of aromatic nitrogens is 2. The van der Waals surface area contributed by atoms with Crippen molar-refractivity contribution in [2.45, 2.75) is 51.7 Å². The maximum atomic E-state index is 12.3. The molecule has 3 rings (SSSR count). The first-order valence-electron chi connectivity index (χ1n) is 9.21. The molecule has 2 fully saturated rings. The molecule has 6 nitrogen and oxygen atoms in total. The topological polar surface area (TPSA) is 50.6 Å². The van der Waals surface area contributed by atoms with Gasteiger partial charge in [0, 0.05) is 51.9 Å². The highest BCUT2D eigenvalue weighted by Crippen LogP contribution is 2.34. The molecule has 0 atom stereocenters. The molecule has 1 amide bonds. The first-order chi connectivity index (χ1) is 11.5. The Labute approximate surface area is 144 Å². The van der Waals surface area contributed by atoms with E-state index in [0.717, 1.165) is 64.2 Å². The molecule has 2 saturated heterocycles.